The fourth-order valence-corrected chi connectivity index (χ4v) is 3.56. The Morgan fingerprint density at radius 3 is 2.88 bits per heavy atom. The lowest BCUT2D eigenvalue weighted by molar-refractivity contribution is 0.0944. The number of sulfonamides is 1. The molecule has 0 aliphatic carbocycles. The molecule has 10 heteroatoms. The first kappa shape index (κ1) is 18.5. The number of carbonyl (C=O) groups excluding carboxylic acids is 1. The Morgan fingerprint density at radius 1 is 1.35 bits per heavy atom. The summed E-state index contributed by atoms with van der Waals surface area (Å²) in [6, 6.07) is 5.85. The second kappa shape index (κ2) is 7.94. The summed E-state index contributed by atoms with van der Waals surface area (Å²) in [6.45, 7) is 3.34. The quantitative estimate of drug-likeness (QED) is 0.722. The van der Waals surface area contributed by atoms with Crippen molar-refractivity contribution in [1.82, 2.24) is 20.2 Å². The van der Waals surface area contributed by atoms with Crippen LogP contribution < -0.4 is 10.0 Å². The Kier molecular flexibility index (Phi) is 5.64. The van der Waals surface area contributed by atoms with Crippen LogP contribution in [0.3, 0.4) is 0 Å². The molecule has 1 fully saturated rings. The standard InChI is InChI=1S/C16H20N4O5S/c1-11-19-20-15(25-11)9-18-26(22,23)14-4-2-3-13(7-14)16(21)17-8-12-5-6-24-10-12/h2-4,7,12,18H,5-6,8-10H2,1H3,(H,17,21)/t12-/m1/s1. The number of rotatable bonds is 7. The smallest absolute Gasteiger partial charge is 0.251 e. The van der Waals surface area contributed by atoms with E-state index in [1.807, 2.05) is 0 Å². The van der Waals surface area contributed by atoms with Crippen molar-refractivity contribution in [2.45, 2.75) is 24.8 Å². The van der Waals surface area contributed by atoms with Crippen LogP contribution in [0.15, 0.2) is 33.6 Å². The summed E-state index contributed by atoms with van der Waals surface area (Å²) in [5.74, 6) is 0.496. The lowest BCUT2D eigenvalue weighted by Gasteiger charge is -2.10. The van der Waals surface area contributed by atoms with Crippen molar-refractivity contribution in [3.63, 3.8) is 0 Å². The lowest BCUT2D eigenvalue weighted by Crippen LogP contribution is -2.30. The van der Waals surface area contributed by atoms with E-state index in [9.17, 15) is 13.2 Å². The Morgan fingerprint density at radius 2 is 2.19 bits per heavy atom. The predicted octanol–water partition coefficient (Wildman–Crippen LogP) is 0.623. The van der Waals surface area contributed by atoms with Gasteiger partial charge in [-0.05, 0) is 24.6 Å². The van der Waals surface area contributed by atoms with Crippen molar-refractivity contribution in [3.8, 4) is 0 Å². The molecule has 1 aliphatic heterocycles. The van der Waals surface area contributed by atoms with Crippen LogP contribution in [0.1, 0.15) is 28.6 Å². The largest absolute Gasteiger partial charge is 0.424 e. The average molecular weight is 380 g/mol. The molecule has 1 aromatic carbocycles. The summed E-state index contributed by atoms with van der Waals surface area (Å²) in [6.07, 6.45) is 0.910. The molecule has 9 nitrogen and oxygen atoms in total. The van der Waals surface area contributed by atoms with Gasteiger partial charge < -0.3 is 14.5 Å². The molecule has 1 amide bonds. The summed E-state index contributed by atoms with van der Waals surface area (Å²) in [5, 5.41) is 10.2. The minimum atomic E-state index is -3.81. The molecule has 0 unspecified atom stereocenters. The van der Waals surface area contributed by atoms with Crippen LogP contribution in [-0.4, -0.2) is 44.3 Å². The number of benzene rings is 1. The van der Waals surface area contributed by atoms with Gasteiger partial charge in [0.25, 0.3) is 5.91 Å². The van der Waals surface area contributed by atoms with Crippen LogP contribution in [0.25, 0.3) is 0 Å². The van der Waals surface area contributed by atoms with E-state index in [4.69, 9.17) is 9.15 Å². The molecule has 0 saturated carbocycles. The molecule has 1 saturated heterocycles. The molecule has 3 rings (SSSR count). The minimum absolute atomic E-state index is 0.00872. The second-order valence-electron chi connectivity index (χ2n) is 6.01. The number of nitrogens with zero attached hydrogens (tertiary/aromatic N) is 2. The van der Waals surface area contributed by atoms with Gasteiger partial charge in [0.15, 0.2) is 0 Å². The molecular formula is C16H20N4O5S. The number of nitrogens with one attached hydrogen (secondary N) is 2. The molecule has 1 aromatic heterocycles. The van der Waals surface area contributed by atoms with Gasteiger partial charge in [-0.3, -0.25) is 4.79 Å². The van der Waals surface area contributed by atoms with E-state index >= 15 is 0 Å². The first-order valence-electron chi connectivity index (χ1n) is 8.19. The zero-order valence-corrected chi connectivity index (χ0v) is 15.1. The fraction of sp³-hybridized carbons (Fsp3) is 0.438. The van der Waals surface area contributed by atoms with Crippen molar-refractivity contribution < 1.29 is 22.4 Å². The molecule has 140 valence electrons. The molecule has 0 radical (unpaired) electrons. The molecule has 2 heterocycles. The van der Waals surface area contributed by atoms with Gasteiger partial charge >= 0.3 is 0 Å². The summed E-state index contributed by atoms with van der Waals surface area (Å²) < 4.78 is 37.6. The maximum atomic E-state index is 12.4. The van der Waals surface area contributed by atoms with Crippen LogP contribution in [0.4, 0.5) is 0 Å². The molecule has 1 atom stereocenters. The van der Waals surface area contributed by atoms with E-state index in [-0.39, 0.29) is 28.8 Å². The van der Waals surface area contributed by atoms with Crippen molar-refractivity contribution in [2.75, 3.05) is 19.8 Å². The molecule has 0 bridgehead atoms. The summed E-state index contributed by atoms with van der Waals surface area (Å²) in [4.78, 5) is 12.3. The van der Waals surface area contributed by atoms with Gasteiger partial charge in [-0.25, -0.2) is 13.1 Å². The highest BCUT2D eigenvalue weighted by molar-refractivity contribution is 7.89. The minimum Gasteiger partial charge on any atom is -0.424 e. The molecule has 26 heavy (non-hydrogen) atoms. The molecule has 2 N–H and O–H groups in total. The van der Waals surface area contributed by atoms with E-state index in [2.05, 4.69) is 20.2 Å². The van der Waals surface area contributed by atoms with Gasteiger partial charge in [0.1, 0.15) is 0 Å². The zero-order chi connectivity index (χ0) is 18.6. The van der Waals surface area contributed by atoms with Gasteiger partial charge in [-0.15, -0.1) is 10.2 Å². The number of aryl methyl sites for hydroxylation is 1. The Balaban J connectivity index is 1.63. The van der Waals surface area contributed by atoms with E-state index in [0.29, 0.717) is 31.6 Å². The first-order valence-corrected chi connectivity index (χ1v) is 9.67. The number of ether oxygens (including phenoxy) is 1. The topological polar surface area (TPSA) is 123 Å². The lowest BCUT2D eigenvalue weighted by atomic mass is 10.1. The van der Waals surface area contributed by atoms with Crippen molar-refractivity contribution >= 4 is 15.9 Å². The second-order valence-corrected chi connectivity index (χ2v) is 7.77. The number of hydrogen-bond donors (Lipinski definition) is 2. The van der Waals surface area contributed by atoms with Crippen LogP contribution in [-0.2, 0) is 21.3 Å². The first-order chi connectivity index (χ1) is 12.4. The number of hydrogen-bond acceptors (Lipinski definition) is 7. The van der Waals surface area contributed by atoms with Crippen LogP contribution in [0, 0.1) is 12.8 Å². The Bertz CT molecular complexity index is 874. The maximum Gasteiger partial charge on any atom is 0.251 e. The SMILES string of the molecule is Cc1nnc(CNS(=O)(=O)c2cccc(C(=O)NC[C@H]3CCOC3)c2)o1. The van der Waals surface area contributed by atoms with Crippen LogP contribution in [0.2, 0.25) is 0 Å². The van der Waals surface area contributed by atoms with Crippen molar-refractivity contribution in [3.05, 3.63) is 41.6 Å². The molecule has 2 aromatic rings. The van der Waals surface area contributed by atoms with Crippen LogP contribution in [0.5, 0.6) is 0 Å². The normalized spacial score (nSPS) is 17.3. The van der Waals surface area contributed by atoms with E-state index in [0.717, 1.165) is 6.42 Å². The summed E-state index contributed by atoms with van der Waals surface area (Å²) in [7, 11) is -3.81. The van der Waals surface area contributed by atoms with Crippen molar-refractivity contribution in [2.24, 2.45) is 5.92 Å². The number of amides is 1. The van der Waals surface area contributed by atoms with Gasteiger partial charge in [-0.1, -0.05) is 6.07 Å². The molecule has 0 spiro atoms. The van der Waals surface area contributed by atoms with Crippen molar-refractivity contribution in [1.29, 1.82) is 0 Å². The highest BCUT2D eigenvalue weighted by atomic mass is 32.2. The molecular weight excluding hydrogens is 360 g/mol. The third kappa shape index (κ3) is 4.65. The highest BCUT2D eigenvalue weighted by Crippen LogP contribution is 2.14. The Labute approximate surface area is 151 Å². The summed E-state index contributed by atoms with van der Waals surface area (Å²) in [5.41, 5.74) is 0.278. The monoisotopic (exact) mass is 380 g/mol. The average Bonchev–Trinajstić information content (AvgIpc) is 3.29. The van der Waals surface area contributed by atoms with Gasteiger partial charge in [-0.2, -0.15) is 0 Å². The number of carbonyl (C=O) groups is 1. The van der Waals surface area contributed by atoms with E-state index < -0.39 is 10.0 Å². The van der Waals surface area contributed by atoms with Crippen LogP contribution >= 0.6 is 0 Å². The number of aromatic nitrogens is 2. The third-order valence-corrected chi connectivity index (χ3v) is 5.36. The van der Waals surface area contributed by atoms with E-state index in [1.165, 1.54) is 18.2 Å². The third-order valence-electron chi connectivity index (χ3n) is 3.96. The van der Waals surface area contributed by atoms with E-state index in [1.54, 1.807) is 13.0 Å². The zero-order valence-electron chi connectivity index (χ0n) is 14.3. The van der Waals surface area contributed by atoms with Gasteiger partial charge in [0.2, 0.25) is 21.8 Å². The highest BCUT2D eigenvalue weighted by Gasteiger charge is 2.19. The van der Waals surface area contributed by atoms with Gasteiger partial charge in [0, 0.05) is 31.6 Å². The summed E-state index contributed by atoms with van der Waals surface area (Å²) >= 11 is 0. The Hall–Kier alpha value is -2.30. The fourth-order valence-electron chi connectivity index (χ4n) is 2.54. The predicted molar refractivity (Wildman–Crippen MR) is 90.8 cm³/mol. The molecule has 1 aliphatic rings. The maximum absolute atomic E-state index is 12.4. The van der Waals surface area contributed by atoms with Gasteiger partial charge in [0.05, 0.1) is 18.0 Å².